The fraction of sp³-hybridized carbons (Fsp3) is 0.533. The predicted molar refractivity (Wildman–Crippen MR) is 71.9 cm³/mol. The van der Waals surface area contributed by atoms with E-state index in [1.54, 1.807) is 24.3 Å². The van der Waals surface area contributed by atoms with Gasteiger partial charge in [0.1, 0.15) is 0 Å². The van der Waals surface area contributed by atoms with Crippen molar-refractivity contribution in [2.24, 2.45) is 0 Å². The summed E-state index contributed by atoms with van der Waals surface area (Å²) in [4.78, 5) is 17.2. The molecule has 1 saturated heterocycles. The lowest BCUT2D eigenvalue weighted by Crippen LogP contribution is -2.48. The molecular formula is C15H19NO4. The summed E-state index contributed by atoms with van der Waals surface area (Å²) in [7, 11) is 0. The number of aliphatic hydroxyl groups is 1. The second-order valence-electron chi connectivity index (χ2n) is 5.36. The van der Waals surface area contributed by atoms with Crippen LogP contribution in [0.2, 0.25) is 0 Å². The molecule has 1 saturated carbocycles. The highest BCUT2D eigenvalue weighted by atomic mass is 16.7. The Hall–Kier alpha value is -1.43. The quantitative estimate of drug-likeness (QED) is 0.901. The zero-order valence-corrected chi connectivity index (χ0v) is 11.3. The fourth-order valence-corrected chi connectivity index (χ4v) is 2.32. The van der Waals surface area contributed by atoms with Crippen LogP contribution in [0.4, 0.5) is 0 Å². The van der Waals surface area contributed by atoms with Crippen LogP contribution in [-0.4, -0.2) is 47.5 Å². The summed E-state index contributed by atoms with van der Waals surface area (Å²) in [5, 5.41) is 11.6. The maximum atomic E-state index is 11.9. The van der Waals surface area contributed by atoms with Crippen molar-refractivity contribution in [1.82, 2.24) is 5.06 Å². The third-order valence-electron chi connectivity index (χ3n) is 3.60. The van der Waals surface area contributed by atoms with E-state index in [1.165, 1.54) is 5.06 Å². The first-order valence-corrected chi connectivity index (χ1v) is 7.08. The molecule has 2 fully saturated rings. The van der Waals surface area contributed by atoms with E-state index in [-0.39, 0.29) is 12.1 Å². The summed E-state index contributed by atoms with van der Waals surface area (Å²) < 4.78 is 5.74. The molecule has 0 amide bonds. The van der Waals surface area contributed by atoms with Crippen LogP contribution in [-0.2, 0) is 9.57 Å². The Morgan fingerprint density at radius 2 is 1.95 bits per heavy atom. The zero-order chi connectivity index (χ0) is 13.9. The van der Waals surface area contributed by atoms with Gasteiger partial charge in [0, 0.05) is 6.54 Å². The van der Waals surface area contributed by atoms with Crippen molar-refractivity contribution in [3.8, 4) is 0 Å². The van der Waals surface area contributed by atoms with Crippen LogP contribution >= 0.6 is 0 Å². The lowest BCUT2D eigenvalue weighted by atomic mass is 10.1. The summed E-state index contributed by atoms with van der Waals surface area (Å²) in [6.07, 6.45) is 2.46. The van der Waals surface area contributed by atoms with Gasteiger partial charge in [-0.15, -0.1) is 5.06 Å². The molecule has 0 unspecified atom stereocenters. The molecule has 1 aliphatic carbocycles. The van der Waals surface area contributed by atoms with Crippen molar-refractivity contribution in [3.05, 3.63) is 35.9 Å². The number of ether oxygens (including phenoxy) is 1. The third-order valence-corrected chi connectivity index (χ3v) is 3.60. The molecule has 5 heteroatoms. The summed E-state index contributed by atoms with van der Waals surface area (Å²) in [6.45, 7) is 0.892. The van der Waals surface area contributed by atoms with E-state index in [2.05, 4.69) is 0 Å². The van der Waals surface area contributed by atoms with Gasteiger partial charge in [-0.25, -0.2) is 4.79 Å². The van der Waals surface area contributed by atoms with Crippen LogP contribution in [0.25, 0.3) is 0 Å². The first kappa shape index (κ1) is 13.5. The van der Waals surface area contributed by atoms with Crippen LogP contribution in [0, 0.1) is 0 Å². The number of nitrogens with zero attached hydrogens (tertiary/aromatic N) is 1. The van der Waals surface area contributed by atoms with Gasteiger partial charge in [-0.2, -0.15) is 0 Å². The van der Waals surface area contributed by atoms with Crippen molar-refractivity contribution < 1.29 is 19.5 Å². The first-order valence-electron chi connectivity index (χ1n) is 7.08. The maximum absolute atomic E-state index is 11.9. The van der Waals surface area contributed by atoms with Gasteiger partial charge in [0.2, 0.25) is 0 Å². The summed E-state index contributed by atoms with van der Waals surface area (Å²) in [6, 6.07) is 8.85. The Balaban J connectivity index is 1.50. The molecule has 5 nitrogen and oxygen atoms in total. The Labute approximate surface area is 118 Å². The second kappa shape index (κ2) is 5.91. The number of hydrogen-bond donors (Lipinski definition) is 1. The van der Waals surface area contributed by atoms with E-state index in [1.807, 2.05) is 6.07 Å². The Morgan fingerprint density at radius 3 is 2.60 bits per heavy atom. The largest absolute Gasteiger partial charge is 0.389 e. The van der Waals surface area contributed by atoms with Gasteiger partial charge < -0.3 is 14.7 Å². The highest BCUT2D eigenvalue weighted by molar-refractivity contribution is 5.89. The van der Waals surface area contributed by atoms with E-state index in [4.69, 9.17) is 9.57 Å². The number of carbonyl (C=O) groups is 1. The number of aliphatic hydroxyl groups excluding tert-OH is 1. The maximum Gasteiger partial charge on any atom is 0.357 e. The number of carbonyl (C=O) groups excluding carboxylic acids is 1. The molecule has 1 aromatic carbocycles. The van der Waals surface area contributed by atoms with Crippen molar-refractivity contribution >= 4 is 5.97 Å². The summed E-state index contributed by atoms with van der Waals surface area (Å²) in [5.41, 5.74) is 0.512. The van der Waals surface area contributed by atoms with Crippen LogP contribution in [0.1, 0.15) is 29.6 Å². The van der Waals surface area contributed by atoms with Crippen molar-refractivity contribution in [1.29, 1.82) is 0 Å². The molecule has 0 aromatic heterocycles. The molecular weight excluding hydrogens is 258 g/mol. The number of β-amino-alcohol motifs (C(OH)–C–C–N with tert-alkyl or cyclic N) is 1. The van der Waals surface area contributed by atoms with Crippen molar-refractivity contribution in [2.45, 2.75) is 37.6 Å². The van der Waals surface area contributed by atoms with E-state index in [0.29, 0.717) is 31.2 Å². The minimum absolute atomic E-state index is 0.130. The Bertz CT molecular complexity index is 460. The van der Waals surface area contributed by atoms with Crippen LogP contribution in [0.3, 0.4) is 0 Å². The molecule has 0 radical (unpaired) electrons. The normalized spacial score (nSPS) is 27.2. The number of hydrogen-bond acceptors (Lipinski definition) is 5. The van der Waals surface area contributed by atoms with Gasteiger partial charge in [0.25, 0.3) is 0 Å². The van der Waals surface area contributed by atoms with E-state index >= 15 is 0 Å². The smallest absolute Gasteiger partial charge is 0.357 e. The number of rotatable bonds is 4. The Kier molecular flexibility index (Phi) is 4.00. The molecule has 0 bridgehead atoms. The molecule has 0 spiro atoms. The lowest BCUT2D eigenvalue weighted by Gasteiger charge is -2.34. The van der Waals surface area contributed by atoms with Gasteiger partial charge in [0.15, 0.2) is 0 Å². The van der Waals surface area contributed by atoms with Crippen molar-refractivity contribution in [3.63, 3.8) is 0 Å². The molecule has 108 valence electrons. The summed E-state index contributed by atoms with van der Waals surface area (Å²) >= 11 is 0. The highest BCUT2D eigenvalue weighted by Gasteiger charge is 2.35. The van der Waals surface area contributed by atoms with E-state index in [0.717, 1.165) is 12.8 Å². The molecule has 1 heterocycles. The van der Waals surface area contributed by atoms with E-state index in [9.17, 15) is 9.90 Å². The highest BCUT2D eigenvalue weighted by Crippen LogP contribution is 2.28. The zero-order valence-electron chi connectivity index (χ0n) is 11.3. The van der Waals surface area contributed by atoms with Crippen LogP contribution in [0.5, 0.6) is 0 Å². The Morgan fingerprint density at radius 1 is 1.20 bits per heavy atom. The molecule has 1 N–H and O–H groups in total. The topological polar surface area (TPSA) is 59.0 Å². The standard InChI is InChI=1S/C15H19NO4/c17-13-10-16(9-8-14(13)19-12-6-7-12)20-15(18)11-4-2-1-3-5-11/h1-5,12-14,17H,6-10H2/t13-,14-/m1/s1. The second-order valence-corrected chi connectivity index (χ2v) is 5.36. The molecule has 2 aliphatic rings. The molecule has 1 aromatic rings. The van der Waals surface area contributed by atoms with Gasteiger partial charge in [-0.05, 0) is 31.4 Å². The fourth-order valence-electron chi connectivity index (χ4n) is 2.32. The van der Waals surface area contributed by atoms with E-state index < -0.39 is 6.10 Å². The first-order chi connectivity index (χ1) is 9.72. The molecule has 3 rings (SSSR count). The molecule has 20 heavy (non-hydrogen) atoms. The predicted octanol–water partition coefficient (Wildman–Crippen LogP) is 1.37. The van der Waals surface area contributed by atoms with Gasteiger partial charge in [-0.3, -0.25) is 0 Å². The minimum Gasteiger partial charge on any atom is -0.389 e. The van der Waals surface area contributed by atoms with Gasteiger partial charge in [0.05, 0.1) is 30.4 Å². The third kappa shape index (κ3) is 3.36. The van der Waals surface area contributed by atoms with Crippen LogP contribution in [0.15, 0.2) is 30.3 Å². The number of hydroxylamine groups is 2. The molecule has 2 atom stereocenters. The number of benzene rings is 1. The minimum atomic E-state index is -0.604. The van der Waals surface area contributed by atoms with Gasteiger partial charge >= 0.3 is 5.97 Å². The average Bonchev–Trinajstić information content (AvgIpc) is 3.27. The van der Waals surface area contributed by atoms with Crippen LogP contribution < -0.4 is 0 Å². The average molecular weight is 277 g/mol. The SMILES string of the molecule is O=C(ON1CC[C@@H](OC2CC2)[C@H](O)C1)c1ccccc1. The monoisotopic (exact) mass is 277 g/mol. The lowest BCUT2D eigenvalue weighted by molar-refractivity contribution is -0.178. The molecule has 1 aliphatic heterocycles. The van der Waals surface area contributed by atoms with Crippen molar-refractivity contribution in [2.75, 3.05) is 13.1 Å². The number of piperidine rings is 1. The van der Waals surface area contributed by atoms with Gasteiger partial charge in [-0.1, -0.05) is 18.2 Å². The summed E-state index contributed by atoms with van der Waals surface area (Å²) in [5.74, 6) is -0.389.